The van der Waals surface area contributed by atoms with Gasteiger partial charge in [0.25, 0.3) is 5.91 Å². The van der Waals surface area contributed by atoms with Gasteiger partial charge in [-0.3, -0.25) is 9.59 Å². The van der Waals surface area contributed by atoms with Gasteiger partial charge >= 0.3 is 0 Å². The zero-order chi connectivity index (χ0) is 13.8. The Labute approximate surface area is 113 Å². The first-order chi connectivity index (χ1) is 9.09. The summed E-state index contributed by atoms with van der Waals surface area (Å²) < 4.78 is 5.32. The second-order valence-corrected chi connectivity index (χ2v) is 4.99. The Balaban J connectivity index is 2.09. The lowest BCUT2D eigenvalue weighted by Gasteiger charge is -2.19. The molecule has 1 aromatic rings. The molecule has 1 heterocycles. The molecule has 2 rings (SSSR count). The van der Waals surface area contributed by atoms with Crippen molar-refractivity contribution in [1.82, 2.24) is 5.32 Å². The second-order valence-electron chi connectivity index (χ2n) is 4.99. The van der Waals surface area contributed by atoms with Gasteiger partial charge in [0.15, 0.2) is 5.78 Å². The first-order valence-electron chi connectivity index (χ1n) is 6.58. The highest BCUT2D eigenvalue weighted by Crippen LogP contribution is 2.17. The Morgan fingerprint density at radius 1 is 1.32 bits per heavy atom. The zero-order valence-corrected chi connectivity index (χ0v) is 11.3. The van der Waals surface area contributed by atoms with Crippen LogP contribution in [0.1, 0.15) is 41.0 Å². The maximum Gasteiger partial charge on any atom is 0.252 e. The van der Waals surface area contributed by atoms with Crippen LogP contribution >= 0.6 is 0 Å². The van der Waals surface area contributed by atoms with Crippen LogP contribution in [0.3, 0.4) is 0 Å². The van der Waals surface area contributed by atoms with Crippen LogP contribution in [0.2, 0.25) is 0 Å². The standard InChI is InChI=1S/C15H19NO3/c1-10(12-7-8-19-9-12)16-15(18)14-6-4-3-5-13(14)11(2)17/h3-6,10,12H,7-9H2,1-2H3,(H,16,18)/t10-,12-/m0/s1. The number of rotatable bonds is 4. The highest BCUT2D eigenvalue weighted by molar-refractivity contribution is 6.07. The number of ketones is 1. The molecule has 1 aliphatic rings. The minimum absolute atomic E-state index is 0.0509. The van der Waals surface area contributed by atoms with Gasteiger partial charge in [0.2, 0.25) is 0 Å². The molecule has 19 heavy (non-hydrogen) atoms. The van der Waals surface area contributed by atoms with E-state index in [1.807, 2.05) is 6.92 Å². The molecule has 4 nitrogen and oxygen atoms in total. The number of nitrogens with one attached hydrogen (secondary N) is 1. The molecule has 0 spiro atoms. The number of ether oxygens (including phenoxy) is 1. The molecule has 102 valence electrons. The zero-order valence-electron chi connectivity index (χ0n) is 11.3. The van der Waals surface area contributed by atoms with Crippen molar-refractivity contribution in [1.29, 1.82) is 0 Å². The third-order valence-electron chi connectivity index (χ3n) is 3.58. The molecular weight excluding hydrogens is 242 g/mol. The molecule has 1 aromatic carbocycles. The van der Waals surface area contributed by atoms with Crippen LogP contribution in [0, 0.1) is 5.92 Å². The molecule has 0 unspecified atom stereocenters. The van der Waals surface area contributed by atoms with Crippen molar-refractivity contribution < 1.29 is 14.3 Å². The monoisotopic (exact) mass is 261 g/mol. The van der Waals surface area contributed by atoms with Gasteiger partial charge in [-0.15, -0.1) is 0 Å². The summed E-state index contributed by atoms with van der Waals surface area (Å²) in [6.45, 7) is 4.90. The van der Waals surface area contributed by atoms with E-state index in [0.717, 1.165) is 13.0 Å². The van der Waals surface area contributed by atoms with Crippen LogP contribution < -0.4 is 5.32 Å². The van der Waals surface area contributed by atoms with Gasteiger partial charge in [0.05, 0.1) is 12.2 Å². The fourth-order valence-corrected chi connectivity index (χ4v) is 2.34. The molecule has 2 atom stereocenters. The molecule has 1 aliphatic heterocycles. The van der Waals surface area contributed by atoms with Crippen LogP contribution in [0.4, 0.5) is 0 Å². The van der Waals surface area contributed by atoms with Crippen molar-refractivity contribution in [3.05, 3.63) is 35.4 Å². The van der Waals surface area contributed by atoms with Gasteiger partial charge in [0.1, 0.15) is 0 Å². The summed E-state index contributed by atoms with van der Waals surface area (Å²) in [6, 6.07) is 6.95. The van der Waals surface area contributed by atoms with Crippen molar-refractivity contribution in [3.8, 4) is 0 Å². The topological polar surface area (TPSA) is 55.4 Å². The Hall–Kier alpha value is -1.68. The molecule has 0 aromatic heterocycles. The van der Waals surface area contributed by atoms with Crippen molar-refractivity contribution >= 4 is 11.7 Å². The summed E-state index contributed by atoms with van der Waals surface area (Å²) in [5.41, 5.74) is 0.913. The van der Waals surface area contributed by atoms with Crippen molar-refractivity contribution in [2.24, 2.45) is 5.92 Å². The number of Topliss-reactive ketones (excluding diaryl/α,β-unsaturated/α-hetero) is 1. The van der Waals surface area contributed by atoms with Crippen molar-refractivity contribution in [2.75, 3.05) is 13.2 Å². The minimum atomic E-state index is -0.190. The summed E-state index contributed by atoms with van der Waals surface area (Å²) in [5.74, 6) is 0.0706. The molecule has 1 amide bonds. The average Bonchev–Trinajstić information content (AvgIpc) is 2.92. The molecule has 0 saturated carbocycles. The fourth-order valence-electron chi connectivity index (χ4n) is 2.34. The number of benzene rings is 1. The summed E-state index contributed by atoms with van der Waals surface area (Å²) in [7, 11) is 0. The third-order valence-corrected chi connectivity index (χ3v) is 3.58. The lowest BCUT2D eigenvalue weighted by molar-refractivity contribution is 0.0911. The van der Waals surface area contributed by atoms with Gasteiger partial charge < -0.3 is 10.1 Å². The average molecular weight is 261 g/mol. The van der Waals surface area contributed by atoms with Crippen LogP contribution in [0.5, 0.6) is 0 Å². The summed E-state index contributed by atoms with van der Waals surface area (Å²) in [5, 5.41) is 2.96. The largest absolute Gasteiger partial charge is 0.381 e. The number of carbonyl (C=O) groups excluding carboxylic acids is 2. The van der Waals surface area contributed by atoms with Gasteiger partial charge in [0, 0.05) is 24.1 Å². The first kappa shape index (κ1) is 13.7. The summed E-state index contributed by atoms with van der Waals surface area (Å²) >= 11 is 0. The normalized spacial score (nSPS) is 20.0. The van der Waals surface area contributed by atoms with E-state index in [1.54, 1.807) is 24.3 Å². The lowest BCUT2D eigenvalue weighted by atomic mass is 9.99. The van der Waals surface area contributed by atoms with E-state index in [4.69, 9.17) is 4.74 Å². The molecule has 1 N–H and O–H groups in total. The van der Waals surface area contributed by atoms with E-state index in [2.05, 4.69) is 5.32 Å². The highest BCUT2D eigenvalue weighted by Gasteiger charge is 2.24. The molecule has 0 aliphatic carbocycles. The predicted octanol–water partition coefficient (Wildman–Crippen LogP) is 2.04. The third kappa shape index (κ3) is 3.20. The van der Waals surface area contributed by atoms with Crippen LogP contribution in [0.15, 0.2) is 24.3 Å². The minimum Gasteiger partial charge on any atom is -0.381 e. The Morgan fingerprint density at radius 3 is 2.58 bits per heavy atom. The van der Waals surface area contributed by atoms with Crippen LogP contribution in [-0.2, 0) is 4.74 Å². The summed E-state index contributed by atoms with van der Waals surface area (Å²) in [4.78, 5) is 23.7. The lowest BCUT2D eigenvalue weighted by Crippen LogP contribution is -2.38. The van der Waals surface area contributed by atoms with E-state index in [1.165, 1.54) is 6.92 Å². The number of hydrogen-bond donors (Lipinski definition) is 1. The van der Waals surface area contributed by atoms with Crippen molar-refractivity contribution in [2.45, 2.75) is 26.3 Å². The summed E-state index contributed by atoms with van der Waals surface area (Å²) in [6.07, 6.45) is 0.968. The highest BCUT2D eigenvalue weighted by atomic mass is 16.5. The van der Waals surface area contributed by atoms with E-state index < -0.39 is 0 Å². The Morgan fingerprint density at radius 2 is 2.00 bits per heavy atom. The molecule has 0 radical (unpaired) electrons. The van der Waals surface area contributed by atoms with E-state index in [9.17, 15) is 9.59 Å². The molecule has 1 fully saturated rings. The van der Waals surface area contributed by atoms with E-state index in [0.29, 0.717) is 23.7 Å². The van der Waals surface area contributed by atoms with E-state index in [-0.39, 0.29) is 17.7 Å². The smallest absolute Gasteiger partial charge is 0.252 e. The van der Waals surface area contributed by atoms with Gasteiger partial charge in [-0.1, -0.05) is 18.2 Å². The van der Waals surface area contributed by atoms with E-state index >= 15 is 0 Å². The SMILES string of the molecule is CC(=O)c1ccccc1C(=O)N[C@@H](C)[C@H]1CCOC1. The second kappa shape index (κ2) is 5.97. The number of carbonyl (C=O) groups is 2. The maximum atomic E-state index is 12.2. The number of amides is 1. The predicted molar refractivity (Wildman–Crippen MR) is 72.3 cm³/mol. The number of hydrogen-bond acceptors (Lipinski definition) is 3. The Kier molecular flexibility index (Phi) is 4.32. The quantitative estimate of drug-likeness (QED) is 0.844. The maximum absolute atomic E-state index is 12.2. The fraction of sp³-hybridized carbons (Fsp3) is 0.467. The molecule has 4 heteroatoms. The van der Waals surface area contributed by atoms with Crippen LogP contribution in [0.25, 0.3) is 0 Å². The van der Waals surface area contributed by atoms with Crippen LogP contribution in [-0.4, -0.2) is 30.9 Å². The van der Waals surface area contributed by atoms with Gasteiger partial charge in [-0.05, 0) is 26.3 Å². The Bertz CT molecular complexity index is 478. The van der Waals surface area contributed by atoms with Crippen molar-refractivity contribution in [3.63, 3.8) is 0 Å². The molecule has 1 saturated heterocycles. The van der Waals surface area contributed by atoms with Gasteiger partial charge in [-0.2, -0.15) is 0 Å². The van der Waals surface area contributed by atoms with Gasteiger partial charge in [-0.25, -0.2) is 0 Å². The molecular formula is C15H19NO3. The molecule has 0 bridgehead atoms. The first-order valence-corrected chi connectivity index (χ1v) is 6.58.